The van der Waals surface area contributed by atoms with Gasteiger partial charge in [0, 0.05) is 24.5 Å². The summed E-state index contributed by atoms with van der Waals surface area (Å²) < 4.78 is 2.97. The Morgan fingerprint density at radius 1 is 0.944 bits per heavy atom. The molecule has 2 aromatic rings. The van der Waals surface area contributed by atoms with Crippen molar-refractivity contribution in [2.45, 2.75) is 17.0 Å². The Kier molecular flexibility index (Phi) is 2.96. The highest BCUT2D eigenvalue weighted by molar-refractivity contribution is 8.15. The Hall–Kier alpha value is -1.54. The topological polar surface area (TPSA) is 69.8 Å². The van der Waals surface area contributed by atoms with E-state index in [2.05, 4.69) is 9.97 Å². The summed E-state index contributed by atoms with van der Waals surface area (Å²) in [5.41, 5.74) is -0.331. The molecular formula is C10H8N4O2S2. The van der Waals surface area contributed by atoms with Gasteiger partial charge in [-0.05, 0) is 0 Å². The van der Waals surface area contributed by atoms with Crippen LogP contribution in [0.4, 0.5) is 0 Å². The number of hydrogen-bond donors (Lipinski definition) is 0. The van der Waals surface area contributed by atoms with Crippen molar-refractivity contribution < 1.29 is 0 Å². The highest BCUT2D eigenvalue weighted by atomic mass is 32.2. The lowest BCUT2D eigenvalue weighted by molar-refractivity contribution is 0.475. The first-order chi connectivity index (χ1) is 8.75. The fraction of sp³-hybridized carbons (Fsp3) is 0.200. The summed E-state index contributed by atoms with van der Waals surface area (Å²) in [7, 11) is 0. The lowest BCUT2D eigenvalue weighted by Crippen LogP contribution is -2.32. The van der Waals surface area contributed by atoms with Crippen molar-refractivity contribution in [2.75, 3.05) is 5.08 Å². The zero-order valence-electron chi connectivity index (χ0n) is 9.15. The van der Waals surface area contributed by atoms with Crippen molar-refractivity contribution in [2.24, 2.45) is 0 Å². The maximum atomic E-state index is 11.8. The van der Waals surface area contributed by atoms with Crippen LogP contribution in [0.1, 0.15) is 0 Å². The average molecular weight is 280 g/mol. The molecule has 1 aliphatic heterocycles. The van der Waals surface area contributed by atoms with Gasteiger partial charge in [-0.15, -0.1) is 0 Å². The average Bonchev–Trinajstić information content (AvgIpc) is 2.32. The largest absolute Gasteiger partial charge is 0.269 e. The molecule has 8 heteroatoms. The Morgan fingerprint density at radius 2 is 1.44 bits per heavy atom. The lowest BCUT2D eigenvalue weighted by Gasteiger charge is -2.17. The second-order valence-electron chi connectivity index (χ2n) is 3.54. The minimum Gasteiger partial charge on any atom is -0.269 e. The van der Waals surface area contributed by atoms with Crippen LogP contribution in [-0.4, -0.2) is 24.2 Å². The molecule has 2 aromatic heterocycles. The molecule has 0 atom stereocenters. The van der Waals surface area contributed by atoms with Crippen molar-refractivity contribution in [3.8, 4) is 0 Å². The lowest BCUT2D eigenvalue weighted by atomic mass is 10.6. The van der Waals surface area contributed by atoms with E-state index in [0.29, 0.717) is 15.4 Å². The maximum Gasteiger partial charge on any atom is 0.255 e. The summed E-state index contributed by atoms with van der Waals surface area (Å²) in [5.74, 6) is 0. The van der Waals surface area contributed by atoms with Crippen LogP contribution in [0, 0.1) is 0 Å². The van der Waals surface area contributed by atoms with E-state index in [-0.39, 0.29) is 17.8 Å². The number of rotatable bonds is 0. The standard InChI is InChI=1S/C10H8N4O2S2/c15-7-1-3-11-9-13(7)5-14-8(16)2-4-12-10(14)18-6-17-9/h1-4H,5-6H2. The Morgan fingerprint density at radius 3 is 1.94 bits per heavy atom. The predicted molar refractivity (Wildman–Crippen MR) is 69.0 cm³/mol. The van der Waals surface area contributed by atoms with Crippen LogP contribution in [0.25, 0.3) is 0 Å². The van der Waals surface area contributed by atoms with E-state index in [1.807, 2.05) is 0 Å². The first-order valence-electron chi connectivity index (χ1n) is 5.13. The molecule has 0 spiro atoms. The normalized spacial score (nSPS) is 14.2. The first kappa shape index (κ1) is 11.5. The summed E-state index contributed by atoms with van der Waals surface area (Å²) in [5, 5.41) is 1.90. The van der Waals surface area contributed by atoms with Gasteiger partial charge in [0.1, 0.15) is 6.67 Å². The van der Waals surface area contributed by atoms with Crippen molar-refractivity contribution >= 4 is 23.5 Å². The molecule has 0 N–H and O–H groups in total. The highest BCUT2D eigenvalue weighted by Crippen LogP contribution is 2.26. The molecule has 1 aliphatic rings. The zero-order chi connectivity index (χ0) is 12.5. The number of fused-ring (bicyclic) bond motifs is 2. The molecule has 18 heavy (non-hydrogen) atoms. The zero-order valence-corrected chi connectivity index (χ0v) is 10.8. The van der Waals surface area contributed by atoms with Crippen LogP contribution in [0.5, 0.6) is 0 Å². The highest BCUT2D eigenvalue weighted by Gasteiger charge is 2.14. The van der Waals surface area contributed by atoms with E-state index in [9.17, 15) is 9.59 Å². The van der Waals surface area contributed by atoms with E-state index in [1.54, 1.807) is 0 Å². The Balaban J connectivity index is 2.21. The number of nitrogens with zero attached hydrogens (tertiary/aromatic N) is 4. The SMILES string of the molecule is O=c1ccnc2n1Cn1c(nccc1=O)SCS2. The van der Waals surface area contributed by atoms with Crippen molar-refractivity contribution in [1.29, 1.82) is 0 Å². The van der Waals surface area contributed by atoms with Gasteiger partial charge in [-0.2, -0.15) is 0 Å². The van der Waals surface area contributed by atoms with Crippen LogP contribution in [0.3, 0.4) is 0 Å². The monoisotopic (exact) mass is 280 g/mol. The Bertz CT molecular complexity index is 650. The van der Waals surface area contributed by atoms with Crippen LogP contribution in [0.15, 0.2) is 44.4 Å². The molecule has 3 heterocycles. The summed E-state index contributed by atoms with van der Waals surface area (Å²) in [4.78, 5) is 32.0. The fourth-order valence-corrected chi connectivity index (χ4v) is 3.56. The van der Waals surface area contributed by atoms with Gasteiger partial charge < -0.3 is 0 Å². The van der Waals surface area contributed by atoms with E-state index in [1.165, 1.54) is 57.2 Å². The van der Waals surface area contributed by atoms with Gasteiger partial charge in [-0.3, -0.25) is 18.7 Å². The van der Waals surface area contributed by atoms with E-state index in [4.69, 9.17) is 0 Å². The van der Waals surface area contributed by atoms with Gasteiger partial charge in [0.2, 0.25) is 0 Å². The third kappa shape index (κ3) is 1.97. The quantitative estimate of drug-likeness (QED) is 0.653. The molecule has 0 amide bonds. The van der Waals surface area contributed by atoms with E-state index >= 15 is 0 Å². The summed E-state index contributed by atoms with van der Waals surface area (Å²) >= 11 is 2.93. The summed E-state index contributed by atoms with van der Waals surface area (Å²) in [6.45, 7) is 0.157. The molecule has 6 nitrogen and oxygen atoms in total. The number of hydrogen-bond acceptors (Lipinski definition) is 6. The predicted octanol–water partition coefficient (Wildman–Crippen LogP) is 0.461. The van der Waals surface area contributed by atoms with Gasteiger partial charge >= 0.3 is 0 Å². The molecule has 0 aliphatic carbocycles. The van der Waals surface area contributed by atoms with Crippen LogP contribution >= 0.6 is 23.5 Å². The van der Waals surface area contributed by atoms with Gasteiger partial charge in [0.05, 0.1) is 5.08 Å². The van der Waals surface area contributed by atoms with E-state index < -0.39 is 0 Å². The van der Waals surface area contributed by atoms with Crippen molar-refractivity contribution in [3.05, 3.63) is 45.2 Å². The molecule has 92 valence electrons. The molecule has 3 rings (SSSR count). The first-order valence-corrected chi connectivity index (χ1v) is 7.10. The molecule has 0 radical (unpaired) electrons. The molecule has 0 bridgehead atoms. The van der Waals surface area contributed by atoms with Gasteiger partial charge in [-0.25, -0.2) is 9.97 Å². The minimum atomic E-state index is -0.166. The summed E-state index contributed by atoms with van der Waals surface area (Å²) in [6.07, 6.45) is 2.97. The number of thioether (sulfide) groups is 2. The van der Waals surface area contributed by atoms with Crippen LogP contribution < -0.4 is 11.1 Å². The van der Waals surface area contributed by atoms with Gasteiger partial charge in [-0.1, -0.05) is 23.5 Å². The molecule has 0 saturated heterocycles. The third-order valence-corrected chi connectivity index (χ3v) is 4.57. The fourth-order valence-electron chi connectivity index (χ4n) is 1.60. The molecular weight excluding hydrogens is 272 g/mol. The third-order valence-electron chi connectivity index (χ3n) is 2.46. The second-order valence-corrected chi connectivity index (χ2v) is 5.79. The summed E-state index contributed by atoms with van der Waals surface area (Å²) in [6, 6.07) is 2.78. The van der Waals surface area contributed by atoms with Crippen LogP contribution in [-0.2, 0) is 6.67 Å². The van der Waals surface area contributed by atoms with Crippen molar-refractivity contribution in [1.82, 2.24) is 19.1 Å². The second kappa shape index (κ2) is 4.62. The molecule has 0 fully saturated rings. The van der Waals surface area contributed by atoms with Gasteiger partial charge in [0.15, 0.2) is 10.3 Å². The molecule has 0 aromatic carbocycles. The Labute approximate surface area is 110 Å². The maximum absolute atomic E-state index is 11.8. The van der Waals surface area contributed by atoms with Gasteiger partial charge in [0.25, 0.3) is 11.1 Å². The minimum absolute atomic E-state index is 0.157. The van der Waals surface area contributed by atoms with Crippen molar-refractivity contribution in [3.63, 3.8) is 0 Å². The van der Waals surface area contributed by atoms with Crippen LogP contribution in [0.2, 0.25) is 0 Å². The number of aromatic nitrogens is 4. The van der Waals surface area contributed by atoms with E-state index in [0.717, 1.165) is 0 Å². The smallest absolute Gasteiger partial charge is 0.255 e. The molecule has 0 saturated carbocycles. The molecule has 0 unspecified atom stereocenters.